The van der Waals surface area contributed by atoms with Gasteiger partial charge in [0.05, 0.1) is 0 Å². The minimum atomic E-state index is 0.143. The molecule has 1 heteroatoms. The van der Waals surface area contributed by atoms with Gasteiger partial charge in [0.25, 0.3) is 0 Å². The predicted octanol–water partition coefficient (Wildman–Crippen LogP) is 5.82. The fraction of sp³-hybridized carbons (Fsp3) is 0.650. The Balaban J connectivity index is 2.04. The summed E-state index contributed by atoms with van der Waals surface area (Å²) in [5.41, 5.74) is 2.27. The van der Waals surface area contributed by atoms with Gasteiger partial charge in [-0.3, -0.25) is 4.79 Å². The highest BCUT2D eigenvalue weighted by Crippen LogP contribution is 2.12. The van der Waals surface area contributed by atoms with Gasteiger partial charge in [0, 0.05) is 0 Å². The number of hydrogen-bond donors (Lipinski definition) is 0. The Labute approximate surface area is 130 Å². The standard InChI is InChI=1S/C20H32O/c1-3-4-5-6-7-8-9-10-11-12-13-19-15-14-18(2)20(21)17-16-19/h14-17H,3-13H2,1-2H3. The summed E-state index contributed by atoms with van der Waals surface area (Å²) in [6, 6.07) is 7.75. The molecule has 0 atom stereocenters. The molecule has 0 aromatic heterocycles. The molecular weight excluding hydrogens is 256 g/mol. The zero-order chi connectivity index (χ0) is 15.3. The van der Waals surface area contributed by atoms with Crippen molar-refractivity contribution in [1.29, 1.82) is 0 Å². The van der Waals surface area contributed by atoms with E-state index >= 15 is 0 Å². The zero-order valence-electron chi connectivity index (χ0n) is 14.0. The molecule has 1 aromatic rings. The van der Waals surface area contributed by atoms with Crippen LogP contribution in [0, 0.1) is 6.92 Å². The molecule has 1 nitrogen and oxygen atoms in total. The molecule has 0 fully saturated rings. The van der Waals surface area contributed by atoms with Crippen molar-refractivity contribution in [2.24, 2.45) is 0 Å². The van der Waals surface area contributed by atoms with E-state index in [2.05, 4.69) is 13.0 Å². The summed E-state index contributed by atoms with van der Waals surface area (Å²) < 4.78 is 0. The van der Waals surface area contributed by atoms with Crippen LogP contribution < -0.4 is 5.43 Å². The highest BCUT2D eigenvalue weighted by molar-refractivity contribution is 5.19. The largest absolute Gasteiger partial charge is 0.290 e. The van der Waals surface area contributed by atoms with Gasteiger partial charge in [-0.15, -0.1) is 0 Å². The predicted molar refractivity (Wildman–Crippen MR) is 93.0 cm³/mol. The molecule has 0 heterocycles. The number of aryl methyl sites for hydroxylation is 2. The van der Waals surface area contributed by atoms with Crippen molar-refractivity contribution in [3.63, 3.8) is 0 Å². The number of hydrogen-bond acceptors (Lipinski definition) is 1. The molecule has 0 aliphatic rings. The van der Waals surface area contributed by atoms with Crippen molar-refractivity contribution in [1.82, 2.24) is 0 Å². The summed E-state index contributed by atoms with van der Waals surface area (Å²) >= 11 is 0. The highest BCUT2D eigenvalue weighted by atomic mass is 16.1. The Morgan fingerprint density at radius 3 is 1.86 bits per heavy atom. The fourth-order valence-corrected chi connectivity index (χ4v) is 2.67. The lowest BCUT2D eigenvalue weighted by atomic mass is 10.0. The number of unbranched alkanes of at least 4 members (excludes halogenated alkanes) is 9. The van der Waals surface area contributed by atoms with E-state index < -0.39 is 0 Å². The lowest BCUT2D eigenvalue weighted by molar-refractivity contribution is 0.556. The van der Waals surface area contributed by atoms with Crippen molar-refractivity contribution in [2.75, 3.05) is 0 Å². The molecule has 118 valence electrons. The minimum Gasteiger partial charge on any atom is -0.290 e. The van der Waals surface area contributed by atoms with Crippen LogP contribution >= 0.6 is 0 Å². The van der Waals surface area contributed by atoms with E-state index in [0.717, 1.165) is 12.0 Å². The van der Waals surface area contributed by atoms with E-state index in [0.29, 0.717) is 0 Å². The van der Waals surface area contributed by atoms with Gasteiger partial charge in [-0.05, 0) is 37.0 Å². The van der Waals surface area contributed by atoms with Crippen LogP contribution in [0.4, 0.5) is 0 Å². The Bertz CT molecular complexity index is 436. The Hall–Kier alpha value is -1.11. The zero-order valence-corrected chi connectivity index (χ0v) is 14.0. The van der Waals surface area contributed by atoms with Gasteiger partial charge in [0.2, 0.25) is 0 Å². The quantitative estimate of drug-likeness (QED) is 0.469. The Kier molecular flexibility index (Phi) is 9.86. The van der Waals surface area contributed by atoms with Crippen LogP contribution in [-0.2, 0) is 6.42 Å². The molecule has 0 unspecified atom stereocenters. The second-order valence-electron chi connectivity index (χ2n) is 6.22. The molecule has 1 rings (SSSR count). The fourth-order valence-electron chi connectivity index (χ4n) is 2.67. The molecule has 0 aliphatic carbocycles. The molecule has 0 bridgehead atoms. The maximum atomic E-state index is 11.5. The van der Waals surface area contributed by atoms with E-state index in [1.54, 1.807) is 6.07 Å². The van der Waals surface area contributed by atoms with Crippen LogP contribution in [0.25, 0.3) is 0 Å². The van der Waals surface area contributed by atoms with Crippen LogP contribution in [0.1, 0.15) is 82.3 Å². The molecule has 0 amide bonds. The third-order valence-corrected chi connectivity index (χ3v) is 4.20. The monoisotopic (exact) mass is 288 g/mol. The molecule has 0 radical (unpaired) electrons. The van der Waals surface area contributed by atoms with E-state index in [4.69, 9.17) is 0 Å². The smallest absolute Gasteiger partial charge is 0.181 e. The summed E-state index contributed by atoms with van der Waals surface area (Å²) in [4.78, 5) is 11.5. The maximum absolute atomic E-state index is 11.5. The molecular formula is C20H32O. The van der Waals surface area contributed by atoms with E-state index in [9.17, 15) is 4.79 Å². The van der Waals surface area contributed by atoms with Crippen LogP contribution in [0.3, 0.4) is 0 Å². The normalized spacial score (nSPS) is 10.8. The molecule has 1 aromatic carbocycles. The first kappa shape index (κ1) is 17.9. The first-order valence-corrected chi connectivity index (χ1v) is 8.84. The molecule has 21 heavy (non-hydrogen) atoms. The summed E-state index contributed by atoms with van der Waals surface area (Å²) in [6.45, 7) is 4.15. The molecule has 0 saturated carbocycles. The maximum Gasteiger partial charge on any atom is 0.181 e. The molecule has 0 N–H and O–H groups in total. The second kappa shape index (κ2) is 11.5. The third kappa shape index (κ3) is 8.70. The third-order valence-electron chi connectivity index (χ3n) is 4.20. The summed E-state index contributed by atoms with van der Waals surface area (Å²) in [7, 11) is 0. The van der Waals surface area contributed by atoms with Crippen molar-refractivity contribution in [2.45, 2.75) is 84.5 Å². The van der Waals surface area contributed by atoms with Crippen LogP contribution in [0.2, 0.25) is 0 Å². The first-order chi connectivity index (χ1) is 10.2. The average Bonchev–Trinajstić information content (AvgIpc) is 2.64. The lowest BCUT2D eigenvalue weighted by Gasteiger charge is -2.02. The van der Waals surface area contributed by atoms with Crippen molar-refractivity contribution in [3.05, 3.63) is 45.6 Å². The SMILES string of the molecule is CCCCCCCCCCCCc1ccc(C)c(=O)cc1. The van der Waals surface area contributed by atoms with Crippen molar-refractivity contribution >= 4 is 0 Å². The van der Waals surface area contributed by atoms with Gasteiger partial charge in [-0.2, -0.15) is 0 Å². The molecule has 0 spiro atoms. The van der Waals surface area contributed by atoms with E-state index in [-0.39, 0.29) is 5.43 Å². The van der Waals surface area contributed by atoms with Crippen molar-refractivity contribution < 1.29 is 0 Å². The summed E-state index contributed by atoms with van der Waals surface area (Å²) in [6.07, 6.45) is 14.8. The topological polar surface area (TPSA) is 17.1 Å². The average molecular weight is 288 g/mol. The Morgan fingerprint density at radius 2 is 1.24 bits per heavy atom. The second-order valence-corrected chi connectivity index (χ2v) is 6.22. The van der Waals surface area contributed by atoms with Crippen molar-refractivity contribution in [3.8, 4) is 0 Å². The highest BCUT2D eigenvalue weighted by Gasteiger charge is 1.96. The summed E-state index contributed by atoms with van der Waals surface area (Å²) in [5.74, 6) is 0. The lowest BCUT2D eigenvalue weighted by Crippen LogP contribution is -1.96. The van der Waals surface area contributed by atoms with E-state index in [1.165, 1.54) is 69.8 Å². The van der Waals surface area contributed by atoms with Gasteiger partial charge >= 0.3 is 0 Å². The summed E-state index contributed by atoms with van der Waals surface area (Å²) in [5, 5.41) is 0. The minimum absolute atomic E-state index is 0.143. The van der Waals surface area contributed by atoms with Crippen LogP contribution in [-0.4, -0.2) is 0 Å². The van der Waals surface area contributed by atoms with Crippen LogP contribution in [0.5, 0.6) is 0 Å². The van der Waals surface area contributed by atoms with Gasteiger partial charge in [0.1, 0.15) is 0 Å². The van der Waals surface area contributed by atoms with Gasteiger partial charge in [-0.1, -0.05) is 82.9 Å². The Morgan fingerprint density at radius 1 is 0.714 bits per heavy atom. The first-order valence-electron chi connectivity index (χ1n) is 8.84. The van der Waals surface area contributed by atoms with Gasteiger partial charge in [-0.25, -0.2) is 0 Å². The van der Waals surface area contributed by atoms with Gasteiger partial charge < -0.3 is 0 Å². The van der Waals surface area contributed by atoms with Crippen LogP contribution in [0.15, 0.2) is 29.1 Å². The molecule has 0 saturated heterocycles. The van der Waals surface area contributed by atoms with Gasteiger partial charge in [0.15, 0.2) is 5.43 Å². The number of rotatable bonds is 11. The van der Waals surface area contributed by atoms with E-state index in [1.807, 2.05) is 19.1 Å². The molecule has 0 aliphatic heterocycles.